The van der Waals surface area contributed by atoms with E-state index < -0.39 is 5.97 Å². The van der Waals surface area contributed by atoms with Crippen LogP contribution >= 0.6 is 0 Å². The summed E-state index contributed by atoms with van der Waals surface area (Å²) in [5.41, 5.74) is 7.04. The maximum Gasteiger partial charge on any atom is 0.340 e. The van der Waals surface area contributed by atoms with Crippen molar-refractivity contribution in [1.82, 2.24) is 4.57 Å². The lowest BCUT2D eigenvalue weighted by molar-refractivity contribution is -0.138. The minimum Gasteiger partial charge on any atom is -0.462 e. The van der Waals surface area contributed by atoms with Gasteiger partial charge in [-0.1, -0.05) is 35.9 Å². The topological polar surface area (TPSA) is 51.5 Å². The lowest BCUT2D eigenvalue weighted by Crippen LogP contribution is -2.24. The third-order valence-electron chi connectivity index (χ3n) is 5.96. The molecule has 0 N–H and O–H groups in total. The molecule has 0 spiro atoms. The van der Waals surface area contributed by atoms with Crippen LogP contribution in [0.5, 0.6) is 0 Å². The van der Waals surface area contributed by atoms with Crippen LogP contribution in [0.25, 0.3) is 11.8 Å². The summed E-state index contributed by atoms with van der Waals surface area (Å²) in [5, 5.41) is 0. The second-order valence-electron chi connectivity index (χ2n) is 8.21. The van der Waals surface area contributed by atoms with Crippen molar-refractivity contribution in [1.29, 1.82) is 0 Å². The van der Waals surface area contributed by atoms with Gasteiger partial charge in [0, 0.05) is 28.5 Å². The molecule has 0 bridgehead atoms. The molecule has 4 rings (SSSR count). The number of benzene rings is 2. The molecular formula is C28H28N2O3. The molecule has 0 aliphatic carbocycles. The number of nitrogens with zero attached hydrogens (tertiary/aromatic N) is 2. The van der Waals surface area contributed by atoms with Gasteiger partial charge in [-0.15, -0.1) is 0 Å². The molecule has 0 unspecified atom stereocenters. The molecule has 1 aliphatic heterocycles. The molecule has 0 fully saturated rings. The van der Waals surface area contributed by atoms with Gasteiger partial charge in [0.2, 0.25) is 0 Å². The summed E-state index contributed by atoms with van der Waals surface area (Å²) in [6, 6.07) is 19.8. The fourth-order valence-corrected chi connectivity index (χ4v) is 4.35. The van der Waals surface area contributed by atoms with Crippen LogP contribution in [0.2, 0.25) is 0 Å². The molecule has 5 heteroatoms. The highest BCUT2D eigenvalue weighted by atomic mass is 16.5. The van der Waals surface area contributed by atoms with Crippen molar-refractivity contribution in [2.24, 2.45) is 0 Å². The Bertz CT molecular complexity index is 1280. The number of allylic oxidation sites excluding steroid dienone is 1. The van der Waals surface area contributed by atoms with E-state index in [0.29, 0.717) is 16.8 Å². The summed E-state index contributed by atoms with van der Waals surface area (Å²) in [6.07, 6.45) is 1.81. The lowest BCUT2D eigenvalue weighted by atomic mass is 10.0. The zero-order valence-electron chi connectivity index (χ0n) is 19.7. The number of rotatable bonds is 5. The van der Waals surface area contributed by atoms with Crippen LogP contribution in [-0.4, -0.2) is 23.1 Å². The molecule has 33 heavy (non-hydrogen) atoms. The first-order valence-corrected chi connectivity index (χ1v) is 11.1. The maximum absolute atomic E-state index is 13.6. The van der Waals surface area contributed by atoms with E-state index in [1.165, 1.54) is 0 Å². The quantitative estimate of drug-likeness (QED) is 0.379. The predicted molar refractivity (Wildman–Crippen MR) is 131 cm³/mol. The van der Waals surface area contributed by atoms with Gasteiger partial charge in [0.15, 0.2) is 0 Å². The molecule has 1 aromatic heterocycles. The van der Waals surface area contributed by atoms with Crippen molar-refractivity contribution in [3.8, 4) is 5.69 Å². The zero-order valence-corrected chi connectivity index (χ0v) is 19.7. The van der Waals surface area contributed by atoms with Gasteiger partial charge >= 0.3 is 5.97 Å². The monoisotopic (exact) mass is 440 g/mol. The van der Waals surface area contributed by atoms with Gasteiger partial charge in [0.05, 0.1) is 17.8 Å². The average Bonchev–Trinajstić information content (AvgIpc) is 3.21. The smallest absolute Gasteiger partial charge is 0.340 e. The molecule has 0 radical (unpaired) electrons. The molecular weight excluding hydrogens is 412 g/mol. The van der Waals surface area contributed by atoms with Crippen molar-refractivity contribution in [3.63, 3.8) is 0 Å². The minimum absolute atomic E-state index is 0.232. The largest absolute Gasteiger partial charge is 0.462 e. The molecule has 168 valence electrons. The normalized spacial score (nSPS) is 15.0. The standard InChI is InChI=1S/C28H28N2O3/c1-6-33-28(32)26-21(5)30(24-14-12-18(2)13-15-24)27(31)25(26)17-22-16-19(3)29(20(22)4)23-10-8-7-9-11-23/h7-17H,6H2,1-5H3/b25-17+. The van der Waals surface area contributed by atoms with E-state index in [0.717, 1.165) is 33.9 Å². The van der Waals surface area contributed by atoms with Gasteiger partial charge in [0.25, 0.3) is 5.91 Å². The second-order valence-corrected chi connectivity index (χ2v) is 8.21. The van der Waals surface area contributed by atoms with Crippen LogP contribution in [0, 0.1) is 20.8 Å². The highest BCUT2D eigenvalue weighted by molar-refractivity contribution is 6.23. The van der Waals surface area contributed by atoms with Crippen LogP contribution in [0.15, 0.2) is 77.5 Å². The Morgan fingerprint density at radius 1 is 0.939 bits per heavy atom. The molecule has 3 aromatic rings. The molecule has 0 atom stereocenters. The summed E-state index contributed by atoms with van der Waals surface area (Å²) >= 11 is 0. The van der Waals surface area contributed by atoms with E-state index in [4.69, 9.17) is 4.74 Å². The summed E-state index contributed by atoms with van der Waals surface area (Å²) in [7, 11) is 0. The van der Waals surface area contributed by atoms with Crippen LogP contribution < -0.4 is 4.90 Å². The first-order chi connectivity index (χ1) is 15.8. The van der Waals surface area contributed by atoms with Gasteiger partial charge in [-0.25, -0.2) is 4.79 Å². The summed E-state index contributed by atoms with van der Waals surface area (Å²) < 4.78 is 7.47. The molecule has 1 aliphatic rings. The van der Waals surface area contributed by atoms with Crippen LogP contribution in [0.1, 0.15) is 36.4 Å². The van der Waals surface area contributed by atoms with E-state index in [9.17, 15) is 9.59 Å². The Morgan fingerprint density at radius 3 is 2.24 bits per heavy atom. The minimum atomic E-state index is -0.485. The summed E-state index contributed by atoms with van der Waals surface area (Å²) in [6.45, 7) is 9.84. The number of esters is 1. The number of ether oxygens (including phenoxy) is 1. The first-order valence-electron chi connectivity index (χ1n) is 11.1. The van der Waals surface area contributed by atoms with Gasteiger partial charge in [-0.2, -0.15) is 0 Å². The summed E-state index contributed by atoms with van der Waals surface area (Å²) in [4.78, 5) is 28.1. The Balaban J connectivity index is 1.84. The molecule has 2 heterocycles. The molecule has 0 saturated heterocycles. The molecule has 1 amide bonds. The second kappa shape index (κ2) is 8.94. The molecule has 2 aromatic carbocycles. The number of hydrogen-bond donors (Lipinski definition) is 0. The molecule has 5 nitrogen and oxygen atoms in total. The third-order valence-corrected chi connectivity index (χ3v) is 5.96. The van der Waals surface area contributed by atoms with Gasteiger partial charge in [-0.3, -0.25) is 9.69 Å². The van der Waals surface area contributed by atoms with E-state index in [-0.39, 0.29) is 12.5 Å². The number of carbonyl (C=O) groups is 2. The van der Waals surface area contributed by atoms with Crippen LogP contribution in [0.3, 0.4) is 0 Å². The van der Waals surface area contributed by atoms with Crippen LogP contribution in [0.4, 0.5) is 5.69 Å². The van der Waals surface area contributed by atoms with Gasteiger partial charge in [0.1, 0.15) is 0 Å². The highest BCUT2D eigenvalue weighted by Gasteiger charge is 2.38. The predicted octanol–water partition coefficient (Wildman–Crippen LogP) is 5.67. The van der Waals surface area contributed by atoms with E-state index in [1.54, 1.807) is 18.7 Å². The van der Waals surface area contributed by atoms with Crippen molar-refractivity contribution in [2.75, 3.05) is 11.5 Å². The maximum atomic E-state index is 13.6. The van der Waals surface area contributed by atoms with E-state index in [1.807, 2.05) is 87.5 Å². The highest BCUT2D eigenvalue weighted by Crippen LogP contribution is 2.36. The first kappa shape index (κ1) is 22.3. The molecule has 0 saturated carbocycles. The Labute approximate surface area is 194 Å². The fourth-order valence-electron chi connectivity index (χ4n) is 4.35. The van der Waals surface area contributed by atoms with Gasteiger partial charge < -0.3 is 9.30 Å². The van der Waals surface area contributed by atoms with Crippen LogP contribution in [-0.2, 0) is 14.3 Å². The number of aryl methyl sites for hydroxylation is 2. The zero-order chi connectivity index (χ0) is 23.7. The summed E-state index contributed by atoms with van der Waals surface area (Å²) in [5.74, 6) is -0.718. The number of para-hydroxylation sites is 1. The van der Waals surface area contributed by atoms with Crippen molar-refractivity contribution < 1.29 is 14.3 Å². The van der Waals surface area contributed by atoms with E-state index in [2.05, 4.69) is 4.57 Å². The van der Waals surface area contributed by atoms with Crippen molar-refractivity contribution in [2.45, 2.75) is 34.6 Å². The lowest BCUT2D eigenvalue weighted by Gasteiger charge is -2.18. The Hall–Kier alpha value is -3.86. The average molecular weight is 441 g/mol. The van der Waals surface area contributed by atoms with E-state index >= 15 is 0 Å². The number of carbonyl (C=O) groups excluding carboxylic acids is 2. The number of anilines is 1. The van der Waals surface area contributed by atoms with Crippen molar-refractivity contribution in [3.05, 3.63) is 100 Å². The Kier molecular flexibility index (Phi) is 6.05. The van der Waals surface area contributed by atoms with Gasteiger partial charge in [-0.05, 0) is 76.6 Å². The fraction of sp³-hybridized carbons (Fsp3) is 0.214. The number of amides is 1. The third kappa shape index (κ3) is 4.02. The number of hydrogen-bond acceptors (Lipinski definition) is 3. The van der Waals surface area contributed by atoms with Crippen molar-refractivity contribution >= 4 is 23.6 Å². The Morgan fingerprint density at radius 2 is 1.61 bits per heavy atom. The number of aromatic nitrogens is 1. The SMILES string of the molecule is CCOC(=O)C1=C(C)N(c2ccc(C)cc2)C(=O)/C1=C/c1cc(C)n(-c2ccccc2)c1C.